The van der Waals surface area contributed by atoms with Crippen LogP contribution in [0.4, 0.5) is 24.5 Å². The Morgan fingerprint density at radius 3 is 2.30 bits per heavy atom. The van der Waals surface area contributed by atoms with Crippen molar-refractivity contribution in [2.24, 2.45) is 11.1 Å². The SMILES string of the molecule is COc1ccc([C@@H]2c3sc(=O)n(CC(=O)Nc4ccc(S(N)(=O)=O)cc4)c3S[C@H]3C(=O)N(c4cccc(C(F)(F)F)c4)C(=O)[C@@H]23)cc1. The van der Waals surface area contributed by atoms with Gasteiger partial charge >= 0.3 is 11.0 Å². The summed E-state index contributed by atoms with van der Waals surface area (Å²) in [6.45, 7) is -0.485. The van der Waals surface area contributed by atoms with Gasteiger partial charge < -0.3 is 10.1 Å². The summed E-state index contributed by atoms with van der Waals surface area (Å²) in [5.74, 6) is -3.51. The zero-order valence-corrected chi connectivity index (χ0v) is 26.5. The van der Waals surface area contributed by atoms with Crippen LogP contribution >= 0.6 is 23.1 Å². The van der Waals surface area contributed by atoms with Crippen LogP contribution in [-0.4, -0.2) is 43.1 Å². The number of imide groups is 1. The fourth-order valence-corrected chi connectivity index (χ4v) is 8.86. The Morgan fingerprint density at radius 2 is 1.68 bits per heavy atom. The topological polar surface area (TPSA) is 158 Å². The lowest BCUT2D eigenvalue weighted by molar-refractivity contribution is -0.137. The highest BCUT2D eigenvalue weighted by Crippen LogP contribution is 2.54. The van der Waals surface area contributed by atoms with E-state index < -0.39 is 68.0 Å². The van der Waals surface area contributed by atoms with Crippen LogP contribution in [0.3, 0.4) is 0 Å². The van der Waals surface area contributed by atoms with Crippen molar-refractivity contribution >= 4 is 62.2 Å². The monoisotopic (exact) mass is 704 g/mol. The summed E-state index contributed by atoms with van der Waals surface area (Å²) in [7, 11) is -2.48. The first-order chi connectivity index (χ1) is 22.2. The number of carbonyl (C=O) groups excluding carboxylic acids is 3. The Hall–Kier alpha value is -4.45. The number of ether oxygens (including phenoxy) is 1. The second-order valence-electron chi connectivity index (χ2n) is 10.6. The van der Waals surface area contributed by atoms with Gasteiger partial charge in [0, 0.05) is 16.5 Å². The molecule has 3 aromatic carbocycles. The molecule has 0 spiro atoms. The molecule has 0 saturated carbocycles. The van der Waals surface area contributed by atoms with E-state index in [-0.39, 0.29) is 21.3 Å². The third-order valence-corrected chi connectivity index (χ3v) is 11.3. The van der Waals surface area contributed by atoms with Crippen molar-refractivity contribution in [1.29, 1.82) is 0 Å². The average Bonchev–Trinajstić information content (AvgIpc) is 3.46. The van der Waals surface area contributed by atoms with E-state index in [4.69, 9.17) is 9.88 Å². The van der Waals surface area contributed by atoms with E-state index in [1.807, 2.05) is 0 Å². The molecule has 3 N–H and O–H groups in total. The van der Waals surface area contributed by atoms with E-state index in [1.54, 1.807) is 24.3 Å². The molecule has 1 fully saturated rings. The van der Waals surface area contributed by atoms with E-state index in [2.05, 4.69) is 5.32 Å². The highest BCUT2D eigenvalue weighted by atomic mass is 32.2. The Bertz CT molecular complexity index is 2080. The summed E-state index contributed by atoms with van der Waals surface area (Å²) in [6.07, 6.45) is -4.71. The summed E-state index contributed by atoms with van der Waals surface area (Å²) in [5.41, 5.74) is -0.464. The van der Waals surface area contributed by atoms with E-state index in [0.717, 1.165) is 46.2 Å². The predicted molar refractivity (Wildman–Crippen MR) is 167 cm³/mol. The lowest BCUT2D eigenvalue weighted by Crippen LogP contribution is -2.33. The molecule has 244 valence electrons. The first-order valence-corrected chi connectivity index (χ1v) is 16.9. The van der Waals surface area contributed by atoms with Gasteiger partial charge in [-0.2, -0.15) is 13.2 Å². The van der Waals surface area contributed by atoms with E-state index in [1.165, 1.54) is 42.0 Å². The number of hydrogen-bond donors (Lipinski definition) is 2. The molecule has 3 atom stereocenters. The van der Waals surface area contributed by atoms with Crippen LogP contribution in [0.25, 0.3) is 0 Å². The van der Waals surface area contributed by atoms with Crippen LogP contribution in [0, 0.1) is 5.92 Å². The van der Waals surface area contributed by atoms with Crippen LogP contribution < -0.4 is 25.0 Å². The number of anilines is 2. The number of amides is 3. The summed E-state index contributed by atoms with van der Waals surface area (Å²) < 4.78 is 70.1. The van der Waals surface area contributed by atoms with Gasteiger partial charge in [-0.3, -0.25) is 23.7 Å². The second kappa shape index (κ2) is 12.0. The van der Waals surface area contributed by atoms with Gasteiger partial charge in [0.2, 0.25) is 27.7 Å². The van der Waals surface area contributed by atoms with Gasteiger partial charge in [0.15, 0.2) is 0 Å². The molecule has 2 aliphatic heterocycles. The fraction of sp³-hybridized carbons (Fsp3) is 0.200. The van der Waals surface area contributed by atoms with Crippen molar-refractivity contribution in [3.05, 3.63) is 98.5 Å². The number of aromatic nitrogens is 1. The molecule has 17 heteroatoms. The lowest BCUT2D eigenvalue weighted by atomic mass is 9.83. The largest absolute Gasteiger partial charge is 0.497 e. The second-order valence-corrected chi connectivity index (χ2v) is 14.3. The third-order valence-electron chi connectivity index (χ3n) is 7.72. The minimum absolute atomic E-state index is 0.163. The third kappa shape index (κ3) is 6.06. The Kier molecular flexibility index (Phi) is 8.27. The maximum atomic E-state index is 14.0. The minimum atomic E-state index is -4.71. The molecule has 2 aliphatic rings. The summed E-state index contributed by atoms with van der Waals surface area (Å²) in [5, 5.41) is 6.85. The van der Waals surface area contributed by atoms with Crippen LogP contribution in [0.1, 0.15) is 21.9 Å². The molecule has 0 bridgehead atoms. The number of halogens is 3. The van der Waals surface area contributed by atoms with Gasteiger partial charge in [0.05, 0.1) is 34.2 Å². The molecule has 3 heterocycles. The molecule has 11 nitrogen and oxygen atoms in total. The average molecular weight is 705 g/mol. The minimum Gasteiger partial charge on any atom is -0.497 e. The number of nitrogens with two attached hydrogens (primary N) is 1. The predicted octanol–water partition coefficient (Wildman–Crippen LogP) is 4.02. The number of carbonyl (C=O) groups is 3. The van der Waals surface area contributed by atoms with Crippen molar-refractivity contribution in [2.75, 3.05) is 17.3 Å². The number of nitrogens with one attached hydrogen (secondary N) is 1. The summed E-state index contributed by atoms with van der Waals surface area (Å²) in [4.78, 5) is 54.7. The van der Waals surface area contributed by atoms with Crippen LogP contribution in [0.2, 0.25) is 0 Å². The molecular formula is C30H23F3N4O7S3. The van der Waals surface area contributed by atoms with Gasteiger partial charge in [-0.25, -0.2) is 18.5 Å². The number of rotatable bonds is 7. The number of thioether (sulfide) groups is 1. The zero-order valence-electron chi connectivity index (χ0n) is 24.1. The number of nitrogens with zero attached hydrogens (tertiary/aromatic N) is 2. The standard InChI is InChI=1S/C30H23F3N4O7S3/c1-44-19-9-5-15(6-10-19)22-23-24(27(40)37(26(23)39)18-4-2-3-16(13-18)30(31,32)33)45-28-25(22)46-29(41)36(28)14-21(38)35-17-7-11-20(12-8-17)47(34,42)43/h2-13,22-24H,14H2,1H3,(H,35,38)(H2,34,42,43)/t22-,23-,24+/m0/s1. The number of fused-ring (bicyclic) bond motifs is 2. The maximum Gasteiger partial charge on any atom is 0.416 e. The Labute approximate surface area is 273 Å². The molecule has 0 unspecified atom stereocenters. The highest BCUT2D eigenvalue weighted by Gasteiger charge is 2.57. The van der Waals surface area contributed by atoms with Crippen molar-refractivity contribution < 1.29 is 40.7 Å². The zero-order chi connectivity index (χ0) is 33.8. The van der Waals surface area contributed by atoms with Crippen LogP contribution in [-0.2, 0) is 37.1 Å². The van der Waals surface area contributed by atoms with Gasteiger partial charge in [0.25, 0.3) is 0 Å². The smallest absolute Gasteiger partial charge is 0.416 e. The maximum absolute atomic E-state index is 14.0. The number of primary sulfonamides is 1. The van der Waals surface area contributed by atoms with Gasteiger partial charge in [0.1, 0.15) is 17.5 Å². The quantitative estimate of drug-likeness (QED) is 0.273. The van der Waals surface area contributed by atoms with Crippen molar-refractivity contribution in [1.82, 2.24) is 4.57 Å². The Balaban J connectivity index is 1.38. The number of benzene rings is 3. The lowest BCUT2D eigenvalue weighted by Gasteiger charge is -2.30. The number of alkyl halides is 3. The molecule has 3 amide bonds. The number of methoxy groups -OCH3 is 1. The van der Waals surface area contributed by atoms with Gasteiger partial charge in [-0.05, 0) is 60.2 Å². The van der Waals surface area contributed by atoms with Crippen LogP contribution in [0.15, 0.2) is 87.5 Å². The molecule has 47 heavy (non-hydrogen) atoms. The first-order valence-electron chi connectivity index (χ1n) is 13.7. The first kappa shape index (κ1) is 32.5. The molecule has 1 saturated heterocycles. The number of thiazole rings is 1. The van der Waals surface area contributed by atoms with Crippen molar-refractivity contribution in [2.45, 2.75) is 33.8 Å². The number of hydrogen-bond acceptors (Lipinski definition) is 9. The normalized spacial score (nSPS) is 19.3. The van der Waals surface area contributed by atoms with E-state index in [9.17, 15) is 40.8 Å². The summed E-state index contributed by atoms with van der Waals surface area (Å²) in [6, 6.07) is 15.7. The molecular weight excluding hydrogens is 682 g/mol. The fourth-order valence-electron chi connectivity index (χ4n) is 5.57. The van der Waals surface area contributed by atoms with E-state index >= 15 is 0 Å². The van der Waals surface area contributed by atoms with Gasteiger partial charge in [-0.15, -0.1) is 0 Å². The molecule has 0 radical (unpaired) electrons. The molecule has 0 aliphatic carbocycles. The molecule has 4 aromatic rings. The molecule has 1 aromatic heterocycles. The van der Waals surface area contributed by atoms with Crippen molar-refractivity contribution in [3.8, 4) is 5.75 Å². The molecule has 6 rings (SSSR count). The Morgan fingerprint density at radius 1 is 1.00 bits per heavy atom. The number of sulfonamides is 1. The van der Waals surface area contributed by atoms with E-state index in [0.29, 0.717) is 16.2 Å². The van der Waals surface area contributed by atoms with Crippen LogP contribution in [0.5, 0.6) is 5.75 Å². The van der Waals surface area contributed by atoms with Gasteiger partial charge in [-0.1, -0.05) is 41.3 Å². The summed E-state index contributed by atoms with van der Waals surface area (Å²) >= 11 is 1.71. The van der Waals surface area contributed by atoms with Crippen molar-refractivity contribution in [3.63, 3.8) is 0 Å². The highest BCUT2D eigenvalue weighted by molar-refractivity contribution is 8.00.